The van der Waals surface area contributed by atoms with E-state index in [1.165, 1.54) is 13.1 Å². The van der Waals surface area contributed by atoms with Crippen molar-refractivity contribution in [1.29, 1.82) is 0 Å². The van der Waals surface area contributed by atoms with Crippen LogP contribution in [0.1, 0.15) is 28.8 Å². The van der Waals surface area contributed by atoms with E-state index in [1.54, 1.807) is 49.4 Å². The van der Waals surface area contributed by atoms with Crippen molar-refractivity contribution in [3.63, 3.8) is 0 Å². The van der Waals surface area contributed by atoms with Crippen LogP contribution in [0, 0.1) is 6.92 Å². The van der Waals surface area contributed by atoms with Crippen molar-refractivity contribution in [3.05, 3.63) is 59.7 Å². The summed E-state index contributed by atoms with van der Waals surface area (Å²) < 4.78 is 31.1. The Labute approximate surface area is 169 Å². The van der Waals surface area contributed by atoms with Crippen LogP contribution in [-0.4, -0.2) is 39.7 Å². The number of rotatable bonds is 9. The third-order valence-corrected chi connectivity index (χ3v) is 5.60. The Kier molecular flexibility index (Phi) is 7.63. The molecule has 0 saturated carbocycles. The number of carbonyl (C=O) groups is 3. The number of nitrogens with one attached hydrogen (secondary N) is 2. The molecule has 0 aromatic heterocycles. The number of hydrogen-bond donors (Lipinski definition) is 2. The molecule has 0 aliphatic carbocycles. The van der Waals surface area contributed by atoms with E-state index >= 15 is 0 Å². The number of ketones is 1. The van der Waals surface area contributed by atoms with Crippen molar-refractivity contribution in [3.8, 4) is 0 Å². The van der Waals surface area contributed by atoms with Gasteiger partial charge in [-0.1, -0.05) is 36.4 Å². The van der Waals surface area contributed by atoms with Crippen molar-refractivity contribution in [2.24, 2.45) is 0 Å². The number of sulfonamides is 1. The van der Waals surface area contributed by atoms with Gasteiger partial charge in [0.2, 0.25) is 10.0 Å². The molecule has 0 aliphatic rings. The zero-order valence-electron chi connectivity index (χ0n) is 16.1. The van der Waals surface area contributed by atoms with E-state index in [9.17, 15) is 22.8 Å². The van der Waals surface area contributed by atoms with Crippen LogP contribution in [0.4, 0.5) is 5.69 Å². The summed E-state index contributed by atoms with van der Waals surface area (Å²) in [7, 11) is -2.38. The van der Waals surface area contributed by atoms with Gasteiger partial charge in [0.1, 0.15) is 0 Å². The molecule has 2 aromatic rings. The number of hydrogen-bond acceptors (Lipinski definition) is 6. The molecular formula is C20H22N2O6S. The molecule has 0 radical (unpaired) electrons. The predicted octanol–water partition coefficient (Wildman–Crippen LogP) is 2.05. The number of aryl methyl sites for hydroxylation is 1. The van der Waals surface area contributed by atoms with Crippen LogP contribution in [0.2, 0.25) is 0 Å². The molecule has 0 unspecified atom stereocenters. The van der Waals surface area contributed by atoms with Gasteiger partial charge < -0.3 is 10.1 Å². The molecule has 2 rings (SSSR count). The smallest absolute Gasteiger partial charge is 0.306 e. The Hall–Kier alpha value is -3.04. The normalized spacial score (nSPS) is 11.0. The summed E-state index contributed by atoms with van der Waals surface area (Å²) in [6.07, 6.45) is -0.163. The van der Waals surface area contributed by atoms with Crippen LogP contribution in [0.25, 0.3) is 0 Å². The number of esters is 1. The topological polar surface area (TPSA) is 119 Å². The van der Waals surface area contributed by atoms with Gasteiger partial charge in [0.15, 0.2) is 12.4 Å². The maximum Gasteiger partial charge on any atom is 0.306 e. The highest BCUT2D eigenvalue weighted by molar-refractivity contribution is 7.89. The van der Waals surface area contributed by atoms with Crippen LogP contribution in [0.5, 0.6) is 0 Å². The zero-order valence-corrected chi connectivity index (χ0v) is 16.9. The SMILES string of the molecule is CNS(=O)(=O)c1cc(NC(=O)COC(=O)CCC(=O)c2ccccc2)ccc1C. The Morgan fingerprint density at radius 2 is 1.69 bits per heavy atom. The van der Waals surface area contributed by atoms with Gasteiger partial charge in [0, 0.05) is 17.7 Å². The summed E-state index contributed by atoms with van der Waals surface area (Å²) in [6.45, 7) is 1.09. The summed E-state index contributed by atoms with van der Waals surface area (Å²) in [5, 5.41) is 2.48. The summed E-state index contributed by atoms with van der Waals surface area (Å²) in [4.78, 5) is 35.7. The summed E-state index contributed by atoms with van der Waals surface area (Å²) >= 11 is 0. The van der Waals surface area contributed by atoms with Crippen LogP contribution in [0.15, 0.2) is 53.4 Å². The average Bonchev–Trinajstić information content (AvgIpc) is 2.72. The Bertz CT molecular complexity index is 1000. The predicted molar refractivity (Wildman–Crippen MR) is 107 cm³/mol. The quantitative estimate of drug-likeness (QED) is 0.475. The first kappa shape index (κ1) is 22.3. The van der Waals surface area contributed by atoms with Crippen molar-refractivity contribution in [2.75, 3.05) is 19.0 Å². The molecule has 8 nitrogen and oxygen atoms in total. The maximum atomic E-state index is 12.0. The van der Waals surface area contributed by atoms with E-state index in [0.29, 0.717) is 11.1 Å². The second-order valence-corrected chi connectivity index (χ2v) is 8.04. The lowest BCUT2D eigenvalue weighted by atomic mass is 10.1. The lowest BCUT2D eigenvalue weighted by Crippen LogP contribution is -2.22. The minimum absolute atomic E-state index is 0.0202. The molecule has 9 heteroatoms. The summed E-state index contributed by atoms with van der Waals surface area (Å²) in [5.41, 5.74) is 1.28. The van der Waals surface area contributed by atoms with Crippen molar-refractivity contribution in [1.82, 2.24) is 4.72 Å². The lowest BCUT2D eigenvalue weighted by molar-refractivity contribution is -0.147. The van der Waals surface area contributed by atoms with E-state index in [-0.39, 0.29) is 29.2 Å². The number of Topliss-reactive ketones (excluding diaryl/α,β-unsaturated/α-hetero) is 1. The van der Waals surface area contributed by atoms with Crippen LogP contribution >= 0.6 is 0 Å². The monoisotopic (exact) mass is 418 g/mol. The largest absolute Gasteiger partial charge is 0.456 e. The Morgan fingerprint density at radius 3 is 2.34 bits per heavy atom. The van der Waals surface area contributed by atoms with E-state index in [4.69, 9.17) is 4.74 Å². The number of benzene rings is 2. The average molecular weight is 418 g/mol. The Morgan fingerprint density at radius 1 is 1.00 bits per heavy atom. The van der Waals surface area contributed by atoms with E-state index in [2.05, 4.69) is 10.0 Å². The molecular weight excluding hydrogens is 396 g/mol. The van der Waals surface area contributed by atoms with E-state index in [1.807, 2.05) is 0 Å². The highest BCUT2D eigenvalue weighted by atomic mass is 32.2. The molecule has 2 aromatic carbocycles. The molecule has 29 heavy (non-hydrogen) atoms. The molecule has 0 bridgehead atoms. The van der Waals surface area contributed by atoms with Gasteiger partial charge in [-0.25, -0.2) is 13.1 Å². The van der Waals surface area contributed by atoms with E-state index in [0.717, 1.165) is 0 Å². The Balaban J connectivity index is 1.84. The third-order valence-electron chi connectivity index (χ3n) is 4.05. The minimum atomic E-state index is -3.67. The molecule has 0 aliphatic heterocycles. The van der Waals surface area contributed by atoms with Gasteiger partial charge in [-0.15, -0.1) is 0 Å². The van der Waals surface area contributed by atoms with E-state index < -0.39 is 28.5 Å². The second-order valence-electron chi connectivity index (χ2n) is 6.19. The summed E-state index contributed by atoms with van der Waals surface area (Å²) in [5.74, 6) is -1.49. The fraction of sp³-hybridized carbons (Fsp3) is 0.250. The van der Waals surface area contributed by atoms with Crippen LogP contribution in [-0.2, 0) is 24.3 Å². The third kappa shape index (κ3) is 6.51. The fourth-order valence-electron chi connectivity index (χ4n) is 2.48. The molecule has 154 valence electrons. The molecule has 1 amide bonds. The van der Waals surface area contributed by atoms with Gasteiger partial charge >= 0.3 is 5.97 Å². The van der Waals surface area contributed by atoms with Gasteiger partial charge in [-0.3, -0.25) is 14.4 Å². The van der Waals surface area contributed by atoms with Gasteiger partial charge in [0.25, 0.3) is 5.91 Å². The minimum Gasteiger partial charge on any atom is -0.456 e. The van der Waals surface area contributed by atoms with Gasteiger partial charge in [-0.2, -0.15) is 0 Å². The summed E-state index contributed by atoms with van der Waals surface area (Å²) in [6, 6.07) is 13.0. The first-order valence-corrected chi connectivity index (χ1v) is 10.3. The van der Waals surface area contributed by atoms with Crippen molar-refractivity contribution >= 4 is 33.4 Å². The fourth-order valence-corrected chi connectivity index (χ4v) is 3.47. The van der Waals surface area contributed by atoms with Gasteiger partial charge in [0.05, 0.1) is 11.3 Å². The number of amides is 1. The molecule has 2 N–H and O–H groups in total. The highest BCUT2D eigenvalue weighted by Crippen LogP contribution is 2.19. The highest BCUT2D eigenvalue weighted by Gasteiger charge is 2.16. The second kappa shape index (κ2) is 9.94. The molecule has 0 saturated heterocycles. The molecule has 0 fully saturated rings. The molecule has 0 heterocycles. The van der Waals surface area contributed by atoms with Crippen molar-refractivity contribution in [2.45, 2.75) is 24.7 Å². The van der Waals surface area contributed by atoms with Gasteiger partial charge in [-0.05, 0) is 31.7 Å². The number of carbonyl (C=O) groups excluding carboxylic acids is 3. The standard InChI is InChI=1S/C20H22N2O6S/c1-14-8-9-16(12-18(14)29(26,27)21-2)22-19(24)13-28-20(25)11-10-17(23)15-6-4-3-5-7-15/h3-9,12,21H,10-11,13H2,1-2H3,(H,22,24). The first-order chi connectivity index (χ1) is 13.7. The van der Waals surface area contributed by atoms with Crippen LogP contribution < -0.4 is 10.0 Å². The molecule has 0 atom stereocenters. The van der Waals surface area contributed by atoms with Crippen molar-refractivity contribution < 1.29 is 27.5 Å². The van der Waals surface area contributed by atoms with Crippen LogP contribution in [0.3, 0.4) is 0 Å². The number of ether oxygens (including phenoxy) is 1. The molecule has 0 spiro atoms. The lowest BCUT2D eigenvalue weighted by Gasteiger charge is -2.10. The first-order valence-electron chi connectivity index (χ1n) is 8.81. The number of anilines is 1. The zero-order chi connectivity index (χ0) is 21.4. The maximum absolute atomic E-state index is 12.0.